The van der Waals surface area contributed by atoms with Crippen molar-refractivity contribution in [2.75, 3.05) is 25.5 Å². The highest BCUT2D eigenvalue weighted by Crippen LogP contribution is 2.27. The highest BCUT2D eigenvalue weighted by atomic mass is 32.2. The van der Waals surface area contributed by atoms with Gasteiger partial charge in [0.2, 0.25) is 5.91 Å². The summed E-state index contributed by atoms with van der Waals surface area (Å²) in [4.78, 5) is 11.8. The van der Waals surface area contributed by atoms with E-state index < -0.39 is 0 Å². The fourth-order valence-electron chi connectivity index (χ4n) is 1.91. The van der Waals surface area contributed by atoms with Gasteiger partial charge in [-0.2, -0.15) is 0 Å². The van der Waals surface area contributed by atoms with E-state index in [0.29, 0.717) is 0 Å². The van der Waals surface area contributed by atoms with Crippen LogP contribution in [-0.4, -0.2) is 36.7 Å². The van der Waals surface area contributed by atoms with Gasteiger partial charge in [0.05, 0.1) is 18.5 Å². The second-order valence-corrected chi connectivity index (χ2v) is 6.19. The predicted octanol–water partition coefficient (Wildman–Crippen LogP) is 1.42. The van der Waals surface area contributed by atoms with E-state index in [9.17, 15) is 4.79 Å². The summed E-state index contributed by atoms with van der Waals surface area (Å²) in [6, 6.07) is 0. The minimum atomic E-state index is 0.189. The van der Waals surface area contributed by atoms with Crippen molar-refractivity contribution in [1.29, 1.82) is 0 Å². The largest absolute Gasteiger partial charge is 0.380 e. The molecule has 2 aliphatic rings. The van der Waals surface area contributed by atoms with E-state index in [1.807, 2.05) is 0 Å². The minimum absolute atomic E-state index is 0.189. The normalized spacial score (nSPS) is 29.3. The maximum absolute atomic E-state index is 11.8. The number of nitrogens with one attached hydrogen (secondary N) is 1. The van der Waals surface area contributed by atoms with Crippen LogP contribution in [0.2, 0.25) is 0 Å². The highest BCUT2D eigenvalue weighted by molar-refractivity contribution is 8.00. The van der Waals surface area contributed by atoms with Crippen molar-refractivity contribution in [3.8, 4) is 0 Å². The van der Waals surface area contributed by atoms with Gasteiger partial charge in [-0.3, -0.25) is 4.79 Å². The number of carbonyl (C=O) groups is 1. The lowest BCUT2D eigenvalue weighted by Crippen LogP contribution is -2.50. The molecule has 0 aromatic heterocycles. The van der Waals surface area contributed by atoms with Crippen molar-refractivity contribution in [3.63, 3.8) is 0 Å². The molecule has 1 atom stereocenters. The van der Waals surface area contributed by atoms with E-state index in [-0.39, 0.29) is 16.6 Å². The first-order chi connectivity index (χ1) is 7.20. The zero-order valence-electron chi connectivity index (χ0n) is 9.25. The van der Waals surface area contributed by atoms with Gasteiger partial charge < -0.3 is 10.1 Å². The molecule has 1 N–H and O–H groups in total. The maximum Gasteiger partial charge on any atom is 0.233 e. The smallest absolute Gasteiger partial charge is 0.233 e. The molecular weight excluding hydrogens is 210 g/mol. The Morgan fingerprint density at radius 3 is 2.87 bits per heavy atom. The van der Waals surface area contributed by atoms with Crippen LogP contribution >= 0.6 is 11.8 Å². The molecule has 3 nitrogen and oxygen atoms in total. The molecular formula is C11H19NO2S. The Hall–Kier alpha value is -0.220. The third-order valence-electron chi connectivity index (χ3n) is 3.06. The third kappa shape index (κ3) is 2.88. The van der Waals surface area contributed by atoms with Gasteiger partial charge in [0, 0.05) is 12.0 Å². The molecule has 0 aliphatic carbocycles. The Bertz CT molecular complexity index is 235. The lowest BCUT2D eigenvalue weighted by Gasteiger charge is -2.38. The van der Waals surface area contributed by atoms with Gasteiger partial charge in [-0.15, -0.1) is 11.8 Å². The number of rotatable bonds is 3. The van der Waals surface area contributed by atoms with E-state index >= 15 is 0 Å². The Labute approximate surface area is 95.3 Å². The molecule has 15 heavy (non-hydrogen) atoms. The van der Waals surface area contributed by atoms with Gasteiger partial charge in [-0.1, -0.05) is 13.3 Å². The molecule has 2 rings (SSSR count). The van der Waals surface area contributed by atoms with E-state index in [2.05, 4.69) is 12.2 Å². The monoisotopic (exact) mass is 229 g/mol. The van der Waals surface area contributed by atoms with Crippen LogP contribution < -0.4 is 5.32 Å². The first-order valence-electron chi connectivity index (χ1n) is 5.67. The summed E-state index contributed by atoms with van der Waals surface area (Å²) < 4.78 is 5.16. The van der Waals surface area contributed by atoms with E-state index in [1.165, 1.54) is 12.8 Å². The first kappa shape index (κ1) is 11.3. The molecule has 0 aromatic rings. The number of amides is 1. The van der Waals surface area contributed by atoms with Crippen molar-refractivity contribution in [3.05, 3.63) is 0 Å². The summed E-state index contributed by atoms with van der Waals surface area (Å²) in [5, 5.41) is 3.25. The average molecular weight is 229 g/mol. The minimum Gasteiger partial charge on any atom is -0.380 e. The molecule has 0 bridgehead atoms. The highest BCUT2D eigenvalue weighted by Gasteiger charge is 2.34. The zero-order valence-corrected chi connectivity index (χ0v) is 10.1. The SMILES string of the molecule is CC1(CNC(=O)C2CCCCS2)COC1. The molecule has 4 heteroatoms. The van der Waals surface area contributed by atoms with Gasteiger partial charge in [0.25, 0.3) is 0 Å². The van der Waals surface area contributed by atoms with Gasteiger partial charge >= 0.3 is 0 Å². The fraction of sp³-hybridized carbons (Fsp3) is 0.909. The third-order valence-corrected chi connectivity index (χ3v) is 4.44. The summed E-state index contributed by atoms with van der Waals surface area (Å²) in [6.07, 6.45) is 3.51. The molecule has 1 unspecified atom stereocenters. The van der Waals surface area contributed by atoms with Gasteiger partial charge in [0.15, 0.2) is 0 Å². The number of hydrogen-bond acceptors (Lipinski definition) is 3. The molecule has 2 heterocycles. The summed E-state index contributed by atoms with van der Waals surface area (Å²) in [6.45, 7) is 4.49. The lowest BCUT2D eigenvalue weighted by atomic mass is 9.89. The molecule has 0 aromatic carbocycles. The van der Waals surface area contributed by atoms with Crippen molar-refractivity contribution in [2.24, 2.45) is 5.41 Å². The molecule has 0 radical (unpaired) electrons. The van der Waals surface area contributed by atoms with Crippen molar-refractivity contribution in [1.82, 2.24) is 5.32 Å². The Kier molecular flexibility index (Phi) is 3.57. The molecule has 1 amide bonds. The second-order valence-electron chi connectivity index (χ2n) is 4.88. The van der Waals surface area contributed by atoms with Crippen LogP contribution in [0.25, 0.3) is 0 Å². The molecule has 2 saturated heterocycles. The van der Waals surface area contributed by atoms with Crippen LogP contribution in [0.15, 0.2) is 0 Å². The average Bonchev–Trinajstić information content (AvgIpc) is 2.24. The molecule has 0 saturated carbocycles. The van der Waals surface area contributed by atoms with Crippen LogP contribution in [0.3, 0.4) is 0 Å². The number of ether oxygens (including phenoxy) is 1. The van der Waals surface area contributed by atoms with Gasteiger partial charge in [-0.25, -0.2) is 0 Å². The molecule has 2 aliphatic heterocycles. The molecule has 0 spiro atoms. The van der Waals surface area contributed by atoms with E-state index in [0.717, 1.165) is 31.9 Å². The number of hydrogen-bond donors (Lipinski definition) is 1. The van der Waals surface area contributed by atoms with Crippen LogP contribution in [0.5, 0.6) is 0 Å². The van der Waals surface area contributed by atoms with Crippen molar-refractivity contribution >= 4 is 17.7 Å². The summed E-state index contributed by atoms with van der Waals surface area (Å²) >= 11 is 1.80. The quantitative estimate of drug-likeness (QED) is 0.795. The Morgan fingerprint density at radius 2 is 2.33 bits per heavy atom. The van der Waals surface area contributed by atoms with E-state index in [4.69, 9.17) is 4.74 Å². The van der Waals surface area contributed by atoms with Crippen molar-refractivity contribution < 1.29 is 9.53 Å². The summed E-state index contributed by atoms with van der Waals surface area (Å²) in [5.74, 6) is 1.37. The maximum atomic E-state index is 11.8. The van der Waals surface area contributed by atoms with Crippen LogP contribution in [-0.2, 0) is 9.53 Å². The number of carbonyl (C=O) groups excluding carboxylic acids is 1. The van der Waals surface area contributed by atoms with Crippen LogP contribution in [0.4, 0.5) is 0 Å². The molecule has 2 fully saturated rings. The Morgan fingerprint density at radius 1 is 1.53 bits per heavy atom. The second kappa shape index (κ2) is 4.74. The number of thioether (sulfide) groups is 1. The molecule has 86 valence electrons. The topological polar surface area (TPSA) is 38.3 Å². The van der Waals surface area contributed by atoms with E-state index in [1.54, 1.807) is 11.8 Å². The first-order valence-corrected chi connectivity index (χ1v) is 6.72. The lowest BCUT2D eigenvalue weighted by molar-refractivity contribution is -0.126. The predicted molar refractivity (Wildman–Crippen MR) is 62.0 cm³/mol. The standard InChI is InChI=1S/C11H19NO2S/c1-11(7-14-8-11)6-12-10(13)9-4-2-3-5-15-9/h9H,2-8H2,1H3,(H,12,13). The Balaban J connectivity index is 1.71. The van der Waals surface area contributed by atoms with Gasteiger partial charge in [0.1, 0.15) is 0 Å². The van der Waals surface area contributed by atoms with Crippen LogP contribution in [0.1, 0.15) is 26.2 Å². The summed E-state index contributed by atoms with van der Waals surface area (Å²) in [7, 11) is 0. The summed E-state index contributed by atoms with van der Waals surface area (Å²) in [5.41, 5.74) is 0.189. The van der Waals surface area contributed by atoms with Crippen molar-refractivity contribution in [2.45, 2.75) is 31.4 Å². The zero-order chi connectivity index (χ0) is 10.7. The fourth-order valence-corrected chi connectivity index (χ4v) is 3.14. The van der Waals surface area contributed by atoms with Crippen LogP contribution in [0, 0.1) is 5.41 Å². The van der Waals surface area contributed by atoms with Gasteiger partial charge in [-0.05, 0) is 18.6 Å².